The molecule has 7 nitrogen and oxygen atoms in total. The zero-order valence-electron chi connectivity index (χ0n) is 23.2. The van der Waals surface area contributed by atoms with Gasteiger partial charge in [-0.05, 0) is 55.8 Å². The van der Waals surface area contributed by atoms with Crippen molar-refractivity contribution in [2.24, 2.45) is 0 Å². The number of benzene rings is 2. The van der Waals surface area contributed by atoms with Crippen LogP contribution in [0.15, 0.2) is 84.6 Å². The number of nitriles is 1. The van der Waals surface area contributed by atoms with Gasteiger partial charge in [-0.1, -0.05) is 67.4 Å². The van der Waals surface area contributed by atoms with Gasteiger partial charge in [-0.25, -0.2) is 23.9 Å². The fourth-order valence-corrected chi connectivity index (χ4v) is 5.45. The van der Waals surface area contributed by atoms with Crippen LogP contribution in [0.25, 0.3) is 0 Å². The average molecular weight is 605 g/mol. The Balaban J connectivity index is 0.000000722. The minimum Gasteiger partial charge on any atom is -0.347 e. The van der Waals surface area contributed by atoms with Gasteiger partial charge in [-0.15, -0.1) is 10.2 Å². The van der Waals surface area contributed by atoms with Crippen molar-refractivity contribution in [3.63, 3.8) is 0 Å². The monoisotopic (exact) mass is 603 g/mol. The quantitative estimate of drug-likeness (QED) is 0.390. The molecule has 2 aliphatic heterocycles. The van der Waals surface area contributed by atoms with Crippen molar-refractivity contribution in [3.05, 3.63) is 106 Å². The van der Waals surface area contributed by atoms with Gasteiger partial charge < -0.3 is 4.90 Å². The Morgan fingerprint density at radius 2 is 1.32 bits per heavy atom. The number of anilines is 1. The number of rotatable bonds is 4. The molecule has 0 radical (unpaired) electrons. The first-order chi connectivity index (χ1) is 18.5. The summed E-state index contributed by atoms with van der Waals surface area (Å²) in [5, 5.41) is 8.06. The maximum absolute atomic E-state index is 8.49. The third kappa shape index (κ3) is 7.62. The fraction of sp³-hybridized carbons (Fsp3) is 0.267. The number of halogens is 3. The van der Waals surface area contributed by atoms with Gasteiger partial charge in [0.05, 0.1) is 5.41 Å². The van der Waals surface area contributed by atoms with Crippen LogP contribution < -0.4 is 23.5 Å². The second-order valence-corrected chi connectivity index (χ2v) is 11.8. The van der Waals surface area contributed by atoms with E-state index < -0.39 is 10.2 Å². The highest BCUT2D eigenvalue weighted by Gasteiger charge is 2.43. The molecule has 40 heavy (non-hydrogen) atoms. The van der Waals surface area contributed by atoms with Crippen LogP contribution in [0.1, 0.15) is 38.8 Å². The molecule has 0 N–H and O–H groups in total. The molecule has 10 heteroatoms. The predicted molar refractivity (Wildman–Crippen MR) is 150 cm³/mol. The van der Waals surface area contributed by atoms with E-state index in [0.29, 0.717) is 0 Å². The maximum atomic E-state index is 8.49. The second-order valence-electron chi connectivity index (χ2n) is 10.1. The average Bonchev–Trinajstić information content (AvgIpc) is 3.16. The molecule has 0 aromatic heterocycles. The molecule has 0 aliphatic carbocycles. The summed E-state index contributed by atoms with van der Waals surface area (Å²) in [7, 11) is -0.718. The van der Waals surface area contributed by atoms with Crippen molar-refractivity contribution in [2.75, 3.05) is 19.0 Å². The summed E-state index contributed by atoms with van der Waals surface area (Å²) in [6, 6.07) is 12.3. The molecule has 0 amide bonds. The van der Waals surface area contributed by atoms with Gasteiger partial charge in [0, 0.05) is 58.2 Å². The van der Waals surface area contributed by atoms with E-state index in [1.54, 1.807) is 0 Å². The zero-order valence-corrected chi connectivity index (χ0v) is 25.5. The summed E-state index contributed by atoms with van der Waals surface area (Å²) in [6.45, 7) is 12.5. The first-order valence-corrected chi connectivity index (χ1v) is 14.1. The van der Waals surface area contributed by atoms with Crippen molar-refractivity contribution >= 4 is 40.3 Å². The minimum atomic E-state index is -4.94. The first kappa shape index (κ1) is 33.3. The lowest BCUT2D eigenvalue weighted by atomic mass is 9.81. The van der Waals surface area contributed by atoms with Crippen molar-refractivity contribution < 1.29 is 33.5 Å². The van der Waals surface area contributed by atoms with Crippen molar-refractivity contribution in [3.8, 4) is 6.57 Å². The lowest BCUT2D eigenvalue weighted by Gasteiger charge is -2.23. The standard InChI is InChI=1S/C29H31Cl2N2.CHN.ClHO4/c1-28(2)22-18-20(30)14-16-24(22)32(5)26(28)12-10-8-7-9-11-13-27-29(3,4)23-19-21(31)15-17-25(23)33(27)6;1-2;2-1(3,4)5/h7-19H,1-6H3;1H;(H,2,3,4,5)/q+1;;/p-1. The number of likely N-dealkylation sites (N-methyl/N-ethyl adjacent to an activating group) is 1. The molecule has 2 heterocycles. The smallest absolute Gasteiger partial charge is 0.209 e. The topological polar surface area (TPSA) is 122 Å². The van der Waals surface area contributed by atoms with E-state index >= 15 is 0 Å². The Morgan fingerprint density at radius 1 is 0.825 bits per heavy atom. The normalized spacial score (nSPS) is 18.1. The van der Waals surface area contributed by atoms with Gasteiger partial charge in [0.1, 0.15) is 7.05 Å². The van der Waals surface area contributed by atoms with Crippen LogP contribution in [0.4, 0.5) is 11.4 Å². The van der Waals surface area contributed by atoms with E-state index in [2.05, 4.69) is 125 Å². The Hall–Kier alpha value is -2.93. The highest BCUT2D eigenvalue weighted by molar-refractivity contribution is 6.31. The Kier molecular flexibility index (Phi) is 10.9. The van der Waals surface area contributed by atoms with Crippen LogP contribution in [-0.4, -0.2) is 24.4 Å². The van der Waals surface area contributed by atoms with Gasteiger partial charge in [0.25, 0.3) is 0 Å². The number of allylic oxidation sites excluding steroid dienone is 8. The molecule has 0 atom stereocenters. The summed E-state index contributed by atoms with van der Waals surface area (Å²) in [5.74, 6) is 0. The van der Waals surface area contributed by atoms with E-state index in [9.17, 15) is 0 Å². The minimum absolute atomic E-state index is 0.0872. The van der Waals surface area contributed by atoms with Crippen molar-refractivity contribution in [1.29, 1.82) is 5.26 Å². The molecule has 2 aromatic carbocycles. The summed E-state index contributed by atoms with van der Waals surface area (Å²) < 4.78 is 36.2. The van der Waals surface area contributed by atoms with Crippen LogP contribution in [-0.2, 0) is 10.8 Å². The number of hydrogen-bond acceptors (Lipinski definition) is 6. The first-order valence-electron chi connectivity index (χ1n) is 12.1. The van der Waals surface area contributed by atoms with E-state index in [0.717, 1.165) is 10.0 Å². The van der Waals surface area contributed by atoms with Gasteiger partial charge in [0.2, 0.25) is 5.69 Å². The Morgan fingerprint density at radius 3 is 1.93 bits per heavy atom. The summed E-state index contributed by atoms with van der Waals surface area (Å²) in [6.07, 6.45) is 14.8. The van der Waals surface area contributed by atoms with Crippen molar-refractivity contribution in [1.82, 2.24) is 0 Å². The Bertz CT molecular complexity index is 1410. The predicted octanol–water partition coefficient (Wildman–Crippen LogP) is 3.36. The highest BCUT2D eigenvalue weighted by Crippen LogP contribution is 2.47. The molecule has 2 aliphatic rings. The van der Waals surface area contributed by atoms with E-state index in [-0.39, 0.29) is 10.8 Å². The molecule has 0 saturated heterocycles. The van der Waals surface area contributed by atoms with Crippen LogP contribution in [0.3, 0.4) is 0 Å². The van der Waals surface area contributed by atoms with Crippen LogP contribution in [0.5, 0.6) is 0 Å². The fourth-order valence-electron chi connectivity index (χ4n) is 5.10. The van der Waals surface area contributed by atoms with Crippen LogP contribution >= 0.6 is 23.2 Å². The lowest BCUT2D eigenvalue weighted by molar-refractivity contribution is -2.00. The summed E-state index contributed by atoms with van der Waals surface area (Å²) >= 11 is 12.5. The molecular weight excluding hydrogens is 573 g/mol. The largest absolute Gasteiger partial charge is 0.347 e. The number of hydrogen-bond donors (Lipinski definition) is 0. The molecule has 4 rings (SSSR count). The van der Waals surface area contributed by atoms with E-state index in [1.807, 2.05) is 12.1 Å². The molecule has 0 saturated carbocycles. The molecule has 0 bridgehead atoms. The SMILES string of the molecule is C#N.CN1C(=CC=CC=CC=CC2=[N+](C)c3ccc(Cl)cc3C2(C)C)C(C)(C)c2cc(Cl)ccc21.[O-][Cl+3]([O-])([O-])[O-]. The second kappa shape index (κ2) is 13.2. The Labute approximate surface area is 248 Å². The number of fused-ring (bicyclic) bond motifs is 2. The van der Waals surface area contributed by atoms with Crippen LogP contribution in [0.2, 0.25) is 10.0 Å². The third-order valence-corrected chi connectivity index (χ3v) is 7.41. The van der Waals surface area contributed by atoms with E-state index in [4.69, 9.17) is 47.1 Å². The van der Waals surface area contributed by atoms with Gasteiger partial charge in [-0.2, -0.15) is 4.58 Å². The maximum Gasteiger partial charge on any atom is 0.209 e. The van der Waals surface area contributed by atoms with Crippen molar-refractivity contribution in [2.45, 2.75) is 38.5 Å². The molecule has 2 aromatic rings. The summed E-state index contributed by atoms with van der Waals surface area (Å²) in [5.41, 5.74) is 7.28. The molecule has 0 spiro atoms. The molecular formula is C30H32Cl3N3O4. The van der Waals surface area contributed by atoms with Gasteiger partial charge in [0.15, 0.2) is 5.71 Å². The lowest BCUT2D eigenvalue weighted by Crippen LogP contribution is -2.68. The molecule has 0 unspecified atom stereocenters. The molecule has 212 valence electrons. The molecule has 0 fully saturated rings. The third-order valence-electron chi connectivity index (χ3n) is 6.94. The summed E-state index contributed by atoms with van der Waals surface area (Å²) in [4.78, 5) is 2.25. The van der Waals surface area contributed by atoms with E-state index in [1.165, 1.54) is 33.9 Å². The highest BCUT2D eigenvalue weighted by atomic mass is 35.7. The number of nitrogens with zero attached hydrogens (tertiary/aromatic N) is 3. The van der Waals surface area contributed by atoms with Gasteiger partial charge in [-0.3, -0.25) is 0 Å². The zero-order chi connectivity index (χ0) is 30.5. The van der Waals surface area contributed by atoms with Crippen LogP contribution in [0, 0.1) is 22.1 Å². The van der Waals surface area contributed by atoms with Gasteiger partial charge >= 0.3 is 0 Å².